The highest BCUT2D eigenvalue weighted by atomic mass is 35.5. The van der Waals surface area contributed by atoms with Gasteiger partial charge in [-0.2, -0.15) is 0 Å². The molecule has 0 bridgehead atoms. The number of aryl methyl sites for hydroxylation is 1. The van der Waals surface area contributed by atoms with Gasteiger partial charge in [0.25, 0.3) is 0 Å². The summed E-state index contributed by atoms with van der Waals surface area (Å²) in [7, 11) is 0. The van der Waals surface area contributed by atoms with Crippen LogP contribution in [0.15, 0.2) is 18.2 Å². The fourth-order valence-electron chi connectivity index (χ4n) is 1.58. The number of hydrogen-bond donors (Lipinski definition) is 1. The average molecular weight is 212 g/mol. The first kappa shape index (κ1) is 9.34. The number of carbonyl (C=O) groups is 1. The monoisotopic (exact) mass is 211 g/mol. The van der Waals surface area contributed by atoms with Crippen molar-refractivity contribution in [1.82, 2.24) is 5.32 Å². The second-order valence-electron chi connectivity index (χ2n) is 3.30. The molecule has 1 atom stereocenters. The van der Waals surface area contributed by atoms with E-state index in [9.17, 15) is 4.79 Å². The number of nitrogens with one attached hydrogen (secondary N) is 1. The maximum Gasteiger partial charge on any atom is 0.407 e. The van der Waals surface area contributed by atoms with Crippen LogP contribution in [0.25, 0.3) is 0 Å². The molecule has 1 amide bonds. The van der Waals surface area contributed by atoms with Gasteiger partial charge in [-0.1, -0.05) is 17.7 Å². The van der Waals surface area contributed by atoms with E-state index in [0.29, 0.717) is 11.6 Å². The minimum atomic E-state index is -0.357. The van der Waals surface area contributed by atoms with E-state index < -0.39 is 0 Å². The van der Waals surface area contributed by atoms with Crippen LogP contribution in [0, 0.1) is 6.92 Å². The van der Waals surface area contributed by atoms with Crippen molar-refractivity contribution in [2.24, 2.45) is 0 Å². The number of cyclic esters (lactones) is 1. The lowest BCUT2D eigenvalue weighted by atomic mass is 10.0. The Kier molecular flexibility index (Phi) is 2.33. The van der Waals surface area contributed by atoms with Gasteiger partial charge in [0.15, 0.2) is 0 Å². The molecule has 0 spiro atoms. The van der Waals surface area contributed by atoms with Gasteiger partial charge in [-0.25, -0.2) is 4.79 Å². The van der Waals surface area contributed by atoms with Gasteiger partial charge in [0, 0.05) is 5.02 Å². The summed E-state index contributed by atoms with van der Waals surface area (Å²) >= 11 is 5.83. The van der Waals surface area contributed by atoms with Gasteiger partial charge in [-0.15, -0.1) is 0 Å². The third-order valence-electron chi connectivity index (χ3n) is 2.28. The van der Waals surface area contributed by atoms with Crippen molar-refractivity contribution in [3.8, 4) is 0 Å². The van der Waals surface area contributed by atoms with E-state index in [1.54, 1.807) is 0 Å². The molecule has 74 valence electrons. The number of ether oxygens (including phenoxy) is 1. The van der Waals surface area contributed by atoms with Gasteiger partial charge >= 0.3 is 6.09 Å². The van der Waals surface area contributed by atoms with Crippen LogP contribution >= 0.6 is 11.6 Å². The van der Waals surface area contributed by atoms with Crippen LogP contribution in [0.3, 0.4) is 0 Å². The number of hydrogen-bond acceptors (Lipinski definition) is 2. The smallest absolute Gasteiger partial charge is 0.407 e. The second kappa shape index (κ2) is 3.50. The van der Waals surface area contributed by atoms with Crippen molar-refractivity contribution in [1.29, 1.82) is 0 Å². The molecule has 0 saturated carbocycles. The standard InChI is InChI=1S/C10H10ClNO2/c1-6-4-7(11)2-3-8(6)9-5-14-10(13)12-9/h2-4,9H,5H2,1H3,(H,12,13). The van der Waals surface area contributed by atoms with Crippen LogP contribution in [0.5, 0.6) is 0 Å². The highest BCUT2D eigenvalue weighted by Gasteiger charge is 2.24. The Morgan fingerprint density at radius 2 is 2.36 bits per heavy atom. The number of benzene rings is 1. The number of halogens is 1. The molecule has 1 unspecified atom stereocenters. The van der Waals surface area contributed by atoms with Crippen LogP contribution in [-0.2, 0) is 4.74 Å². The van der Waals surface area contributed by atoms with Crippen molar-refractivity contribution in [2.45, 2.75) is 13.0 Å². The molecule has 0 aromatic heterocycles. The Bertz CT molecular complexity index is 378. The van der Waals surface area contributed by atoms with Gasteiger partial charge in [0.2, 0.25) is 0 Å². The van der Waals surface area contributed by atoms with E-state index in [2.05, 4.69) is 5.32 Å². The van der Waals surface area contributed by atoms with Gasteiger partial charge in [0.1, 0.15) is 6.61 Å². The maximum absolute atomic E-state index is 10.8. The Morgan fingerprint density at radius 1 is 1.57 bits per heavy atom. The predicted molar refractivity (Wildman–Crippen MR) is 53.4 cm³/mol. The van der Waals surface area contributed by atoms with Crippen molar-refractivity contribution >= 4 is 17.7 Å². The zero-order valence-corrected chi connectivity index (χ0v) is 8.47. The van der Waals surface area contributed by atoms with Crippen molar-refractivity contribution in [2.75, 3.05) is 6.61 Å². The van der Waals surface area contributed by atoms with E-state index in [0.717, 1.165) is 11.1 Å². The number of rotatable bonds is 1. The Balaban J connectivity index is 2.28. The third-order valence-corrected chi connectivity index (χ3v) is 2.52. The quantitative estimate of drug-likeness (QED) is 0.775. The molecule has 2 rings (SSSR count). The summed E-state index contributed by atoms with van der Waals surface area (Å²) in [6, 6.07) is 5.56. The molecule has 14 heavy (non-hydrogen) atoms. The molecule has 1 fully saturated rings. The number of carbonyl (C=O) groups excluding carboxylic acids is 1. The fraction of sp³-hybridized carbons (Fsp3) is 0.300. The van der Waals surface area contributed by atoms with Gasteiger partial charge in [-0.3, -0.25) is 0 Å². The average Bonchev–Trinajstić information content (AvgIpc) is 2.51. The van der Waals surface area contributed by atoms with E-state index >= 15 is 0 Å². The van der Waals surface area contributed by atoms with E-state index in [1.165, 1.54) is 0 Å². The Labute approximate surface area is 87.0 Å². The van der Waals surface area contributed by atoms with Crippen molar-refractivity contribution < 1.29 is 9.53 Å². The van der Waals surface area contributed by atoms with Gasteiger partial charge in [0.05, 0.1) is 6.04 Å². The highest BCUT2D eigenvalue weighted by Crippen LogP contribution is 2.24. The zero-order valence-electron chi connectivity index (χ0n) is 7.71. The van der Waals surface area contributed by atoms with Crippen LogP contribution in [0.4, 0.5) is 4.79 Å². The van der Waals surface area contributed by atoms with E-state index in [4.69, 9.17) is 16.3 Å². The Hall–Kier alpha value is -1.22. The SMILES string of the molecule is Cc1cc(Cl)ccc1C1COC(=O)N1. The summed E-state index contributed by atoms with van der Waals surface area (Å²) in [6.07, 6.45) is -0.357. The molecule has 1 saturated heterocycles. The molecule has 1 aromatic carbocycles. The number of alkyl carbamates (subject to hydrolysis) is 1. The Morgan fingerprint density at radius 3 is 2.93 bits per heavy atom. The van der Waals surface area contributed by atoms with Crippen LogP contribution in [0.2, 0.25) is 5.02 Å². The third kappa shape index (κ3) is 1.68. The summed E-state index contributed by atoms with van der Waals surface area (Å²) in [5.41, 5.74) is 2.12. The lowest BCUT2D eigenvalue weighted by Crippen LogP contribution is -2.18. The first-order chi connectivity index (χ1) is 6.66. The van der Waals surface area contributed by atoms with Crippen LogP contribution < -0.4 is 5.32 Å². The normalized spacial score (nSPS) is 20.4. The topological polar surface area (TPSA) is 38.3 Å². The highest BCUT2D eigenvalue weighted by molar-refractivity contribution is 6.30. The fourth-order valence-corrected chi connectivity index (χ4v) is 1.81. The second-order valence-corrected chi connectivity index (χ2v) is 3.73. The molecule has 1 N–H and O–H groups in total. The summed E-state index contributed by atoms with van der Waals surface area (Å²) in [5.74, 6) is 0. The minimum Gasteiger partial charge on any atom is -0.447 e. The van der Waals surface area contributed by atoms with Crippen molar-refractivity contribution in [3.05, 3.63) is 34.3 Å². The summed E-state index contributed by atoms with van der Waals surface area (Å²) in [5, 5.41) is 3.43. The largest absolute Gasteiger partial charge is 0.447 e. The molecule has 1 heterocycles. The lowest BCUT2D eigenvalue weighted by molar-refractivity contribution is 0.177. The molecule has 1 aromatic rings. The summed E-state index contributed by atoms with van der Waals surface area (Å²) in [4.78, 5) is 10.8. The van der Waals surface area contributed by atoms with Gasteiger partial charge < -0.3 is 10.1 Å². The molecular weight excluding hydrogens is 202 g/mol. The van der Waals surface area contributed by atoms with E-state index in [-0.39, 0.29) is 12.1 Å². The summed E-state index contributed by atoms with van der Waals surface area (Å²) in [6.45, 7) is 2.35. The molecule has 1 aliphatic heterocycles. The van der Waals surface area contributed by atoms with Crippen LogP contribution in [-0.4, -0.2) is 12.7 Å². The minimum absolute atomic E-state index is 0.0419. The molecule has 0 radical (unpaired) electrons. The molecule has 3 nitrogen and oxygen atoms in total. The molecule has 0 aliphatic carbocycles. The molecule has 4 heteroatoms. The lowest BCUT2D eigenvalue weighted by Gasteiger charge is -2.10. The number of amides is 1. The van der Waals surface area contributed by atoms with Crippen molar-refractivity contribution in [3.63, 3.8) is 0 Å². The van der Waals surface area contributed by atoms with Crippen LogP contribution in [0.1, 0.15) is 17.2 Å². The van der Waals surface area contributed by atoms with Gasteiger partial charge in [-0.05, 0) is 30.2 Å². The first-order valence-electron chi connectivity index (χ1n) is 4.36. The van der Waals surface area contributed by atoms with E-state index in [1.807, 2.05) is 25.1 Å². The molecular formula is C10H10ClNO2. The molecule has 1 aliphatic rings. The zero-order chi connectivity index (χ0) is 10.1. The maximum atomic E-state index is 10.8. The predicted octanol–water partition coefficient (Wildman–Crippen LogP) is 2.43. The summed E-state index contributed by atoms with van der Waals surface area (Å²) < 4.78 is 4.82. The first-order valence-corrected chi connectivity index (χ1v) is 4.74.